The summed E-state index contributed by atoms with van der Waals surface area (Å²) < 4.78 is 0. The van der Waals surface area contributed by atoms with Crippen molar-refractivity contribution in [3.8, 4) is 0 Å². The summed E-state index contributed by atoms with van der Waals surface area (Å²) in [6, 6.07) is 1.05. The smallest absolute Gasteiger partial charge is 0.0781 e. The zero-order valence-corrected chi connectivity index (χ0v) is 8.59. The molecule has 0 amide bonds. The van der Waals surface area contributed by atoms with Crippen LogP contribution in [0.1, 0.15) is 0 Å². The molecule has 0 saturated carbocycles. The molecule has 1 nitrogen and oxygen atoms in total. The fraction of sp³-hybridized carbons (Fsp3) is 1.00. The average Bonchev–Trinajstić information content (AvgIpc) is 1.67. The van der Waals surface area contributed by atoms with E-state index in [4.69, 9.17) is 5.11 Å². The van der Waals surface area contributed by atoms with Crippen molar-refractivity contribution in [3.05, 3.63) is 0 Å². The van der Waals surface area contributed by atoms with E-state index in [1.807, 2.05) is 0 Å². The van der Waals surface area contributed by atoms with Crippen LogP contribution >= 0.6 is 16.7 Å². The zero-order valence-electron chi connectivity index (χ0n) is 5.44. The standard InChI is InChI=1S/C4H14OP2Si/c1-8(2,7-6)4-3-5/h5,7H,3-4,6H2,1-2H3. The summed E-state index contributed by atoms with van der Waals surface area (Å²) in [7, 11) is 2.83. The fourth-order valence-electron chi connectivity index (χ4n) is 0.352. The molecule has 2 unspecified atom stereocenters. The summed E-state index contributed by atoms with van der Waals surface area (Å²) in [6.45, 7) is 4.98. The van der Waals surface area contributed by atoms with Crippen molar-refractivity contribution < 1.29 is 5.11 Å². The summed E-state index contributed by atoms with van der Waals surface area (Å²) in [5, 5.41) is 8.56. The Morgan fingerprint density at radius 2 is 2.12 bits per heavy atom. The van der Waals surface area contributed by atoms with Crippen molar-refractivity contribution >= 4 is 24.5 Å². The van der Waals surface area contributed by atoms with Gasteiger partial charge < -0.3 is 5.11 Å². The highest BCUT2D eigenvalue weighted by molar-refractivity contribution is 8.22. The van der Waals surface area contributed by atoms with Gasteiger partial charge in [0.05, 0.1) is 7.74 Å². The molecule has 0 fully saturated rings. The molecule has 4 heteroatoms. The maximum atomic E-state index is 8.56. The Morgan fingerprint density at radius 1 is 1.62 bits per heavy atom. The molecule has 0 heterocycles. The quantitative estimate of drug-likeness (QED) is 0.502. The molecule has 1 N–H and O–H groups in total. The maximum absolute atomic E-state index is 8.56. The van der Waals surface area contributed by atoms with Crippen LogP contribution in [0.4, 0.5) is 0 Å². The van der Waals surface area contributed by atoms with Gasteiger partial charge >= 0.3 is 0 Å². The molecular formula is C4H14OP2Si. The minimum atomic E-state index is -0.937. The lowest BCUT2D eigenvalue weighted by Crippen LogP contribution is -2.17. The largest absolute Gasteiger partial charge is 0.397 e. The van der Waals surface area contributed by atoms with Crippen molar-refractivity contribution in [1.82, 2.24) is 0 Å². The highest BCUT2D eigenvalue weighted by atomic mass is 32.1. The van der Waals surface area contributed by atoms with E-state index < -0.39 is 7.74 Å². The molecule has 0 aromatic carbocycles. The first kappa shape index (κ1) is 9.04. The van der Waals surface area contributed by atoms with Crippen LogP contribution in [-0.2, 0) is 0 Å². The monoisotopic (exact) mass is 168 g/mol. The van der Waals surface area contributed by atoms with Gasteiger partial charge in [-0.25, -0.2) is 0 Å². The van der Waals surface area contributed by atoms with Crippen LogP contribution in [0.5, 0.6) is 0 Å². The van der Waals surface area contributed by atoms with E-state index >= 15 is 0 Å². The molecule has 2 atom stereocenters. The number of hydrogen-bond acceptors (Lipinski definition) is 1. The van der Waals surface area contributed by atoms with E-state index in [1.54, 1.807) is 0 Å². The van der Waals surface area contributed by atoms with Crippen LogP contribution in [0.3, 0.4) is 0 Å². The molecule has 0 aliphatic carbocycles. The second-order valence-electron chi connectivity index (χ2n) is 2.50. The predicted octanol–water partition coefficient (Wildman–Crippen LogP) is 1.65. The number of hydrogen-bond donors (Lipinski definition) is 1. The molecule has 0 aromatic heterocycles. The predicted molar refractivity (Wildman–Crippen MR) is 47.4 cm³/mol. The molecule has 0 rings (SSSR count). The van der Waals surface area contributed by atoms with Crippen LogP contribution in [0.25, 0.3) is 0 Å². The van der Waals surface area contributed by atoms with E-state index in [0.29, 0.717) is 6.61 Å². The molecule has 0 saturated heterocycles. The van der Waals surface area contributed by atoms with Gasteiger partial charge in [0.25, 0.3) is 0 Å². The molecule has 0 spiro atoms. The lowest BCUT2D eigenvalue weighted by Gasteiger charge is -2.17. The second-order valence-corrected chi connectivity index (χ2v) is 14.6. The third kappa shape index (κ3) is 3.97. The minimum Gasteiger partial charge on any atom is -0.397 e. The molecule has 0 bridgehead atoms. The van der Waals surface area contributed by atoms with Gasteiger partial charge in [-0.2, -0.15) is 0 Å². The number of aliphatic hydroxyl groups excluding tert-OH is 1. The van der Waals surface area contributed by atoms with Crippen LogP contribution in [0.15, 0.2) is 0 Å². The molecule has 8 heavy (non-hydrogen) atoms. The Bertz CT molecular complexity index is 67.1. The van der Waals surface area contributed by atoms with Crippen LogP contribution in [0, 0.1) is 0 Å². The lowest BCUT2D eigenvalue weighted by molar-refractivity contribution is 0.317. The van der Waals surface area contributed by atoms with E-state index in [0.717, 1.165) is 13.9 Å². The summed E-state index contributed by atoms with van der Waals surface area (Å²) in [4.78, 5) is 0. The summed E-state index contributed by atoms with van der Waals surface area (Å²) >= 11 is 0. The van der Waals surface area contributed by atoms with E-state index in [2.05, 4.69) is 22.0 Å². The Kier molecular flexibility index (Phi) is 4.46. The van der Waals surface area contributed by atoms with Gasteiger partial charge in [-0.15, -0.1) is 16.7 Å². The van der Waals surface area contributed by atoms with E-state index in [1.165, 1.54) is 0 Å². The van der Waals surface area contributed by atoms with Crippen LogP contribution < -0.4 is 0 Å². The van der Waals surface area contributed by atoms with Crippen molar-refractivity contribution in [2.75, 3.05) is 6.61 Å². The SMILES string of the molecule is C[Si](C)(CCO)PP. The van der Waals surface area contributed by atoms with Gasteiger partial charge in [-0.05, 0) is 6.04 Å². The van der Waals surface area contributed by atoms with Crippen molar-refractivity contribution in [2.45, 2.75) is 19.1 Å². The van der Waals surface area contributed by atoms with Gasteiger partial charge in [0.15, 0.2) is 0 Å². The first-order valence-electron chi connectivity index (χ1n) is 2.71. The van der Waals surface area contributed by atoms with E-state index in [9.17, 15) is 0 Å². The highest BCUT2D eigenvalue weighted by Gasteiger charge is 2.16. The Balaban J connectivity index is 3.37. The average molecular weight is 168 g/mol. The molecule has 0 aromatic rings. The van der Waals surface area contributed by atoms with Crippen molar-refractivity contribution in [1.29, 1.82) is 0 Å². The minimum absolute atomic E-state index is 0.376. The summed E-state index contributed by atoms with van der Waals surface area (Å²) in [5.74, 6) is 0. The lowest BCUT2D eigenvalue weighted by atomic mass is 10.9. The van der Waals surface area contributed by atoms with E-state index in [-0.39, 0.29) is 0 Å². The van der Waals surface area contributed by atoms with Gasteiger partial charge in [0.2, 0.25) is 0 Å². The zero-order chi connectivity index (χ0) is 6.62. The molecule has 0 aliphatic heterocycles. The first-order chi connectivity index (χ1) is 3.62. The Hall–Kier alpha value is 1.04. The van der Waals surface area contributed by atoms with Crippen molar-refractivity contribution in [3.63, 3.8) is 0 Å². The molecule has 0 radical (unpaired) electrons. The third-order valence-electron chi connectivity index (χ3n) is 1.13. The maximum Gasteiger partial charge on any atom is 0.0781 e. The number of aliphatic hydroxyl groups is 1. The van der Waals surface area contributed by atoms with Crippen LogP contribution in [-0.4, -0.2) is 19.5 Å². The summed E-state index contributed by atoms with van der Waals surface area (Å²) in [5.41, 5.74) is 0. The number of rotatable bonds is 3. The Labute approximate surface area is 56.0 Å². The van der Waals surface area contributed by atoms with Gasteiger partial charge in [-0.1, -0.05) is 13.1 Å². The first-order valence-corrected chi connectivity index (χ1v) is 9.72. The summed E-state index contributed by atoms with van der Waals surface area (Å²) in [6.07, 6.45) is 0. The van der Waals surface area contributed by atoms with Crippen molar-refractivity contribution in [2.24, 2.45) is 0 Å². The van der Waals surface area contributed by atoms with Gasteiger partial charge in [-0.3, -0.25) is 0 Å². The van der Waals surface area contributed by atoms with Gasteiger partial charge in [0.1, 0.15) is 0 Å². The third-order valence-corrected chi connectivity index (χ3v) is 13.5. The topological polar surface area (TPSA) is 20.2 Å². The fourth-order valence-corrected chi connectivity index (χ4v) is 3.12. The highest BCUT2D eigenvalue weighted by Crippen LogP contribution is 2.36. The van der Waals surface area contributed by atoms with Gasteiger partial charge in [0, 0.05) is 6.61 Å². The van der Waals surface area contributed by atoms with Crippen LogP contribution in [0.2, 0.25) is 19.1 Å². The normalized spacial score (nSPS) is 13.5. The molecular weight excluding hydrogens is 154 g/mol. The second kappa shape index (κ2) is 3.95. The Morgan fingerprint density at radius 3 is 2.25 bits per heavy atom. The molecule has 50 valence electrons. The molecule has 0 aliphatic rings.